The van der Waals surface area contributed by atoms with Crippen LogP contribution in [0.3, 0.4) is 0 Å². The number of aryl methyl sites for hydroxylation is 3. The Morgan fingerprint density at radius 2 is 1.87 bits per heavy atom. The molecule has 2 aromatic carbocycles. The van der Waals surface area contributed by atoms with E-state index in [0.29, 0.717) is 11.7 Å². The molecular weight excluding hydrogens is 408 g/mol. The monoisotopic (exact) mass is 438 g/mol. The van der Waals surface area contributed by atoms with Gasteiger partial charge < -0.3 is 14.6 Å². The number of hydrogen-bond donors (Lipinski definition) is 1. The van der Waals surface area contributed by atoms with Gasteiger partial charge in [0.2, 0.25) is 5.91 Å². The summed E-state index contributed by atoms with van der Waals surface area (Å²) in [5, 5.41) is 12.3. The number of amides is 1. The van der Waals surface area contributed by atoms with Crippen molar-refractivity contribution in [2.45, 2.75) is 58.8 Å². The Labute approximate surface area is 188 Å². The Kier molecular flexibility index (Phi) is 7.74. The van der Waals surface area contributed by atoms with E-state index < -0.39 is 0 Å². The minimum atomic E-state index is -0.252. The number of aromatic nitrogens is 3. The second-order valence-electron chi connectivity index (χ2n) is 7.50. The van der Waals surface area contributed by atoms with E-state index in [1.165, 1.54) is 22.9 Å². The zero-order valence-electron chi connectivity index (χ0n) is 18.8. The summed E-state index contributed by atoms with van der Waals surface area (Å²) in [7, 11) is 0. The van der Waals surface area contributed by atoms with Crippen LogP contribution in [0, 0.1) is 13.8 Å². The van der Waals surface area contributed by atoms with Crippen molar-refractivity contribution in [3.05, 3.63) is 65.0 Å². The number of nitrogens with one attached hydrogen (secondary N) is 1. The average molecular weight is 439 g/mol. The molecule has 0 fully saturated rings. The fourth-order valence-corrected chi connectivity index (χ4v) is 4.14. The zero-order valence-corrected chi connectivity index (χ0v) is 19.6. The molecule has 31 heavy (non-hydrogen) atoms. The largest absolute Gasteiger partial charge is 0.483 e. The predicted octanol–water partition coefficient (Wildman–Crippen LogP) is 5.35. The van der Waals surface area contributed by atoms with E-state index in [1.807, 2.05) is 56.5 Å². The van der Waals surface area contributed by atoms with Gasteiger partial charge in [-0.1, -0.05) is 48.5 Å². The normalized spacial score (nSPS) is 11.9. The van der Waals surface area contributed by atoms with Gasteiger partial charge in [-0.3, -0.25) is 4.79 Å². The first-order valence-corrected chi connectivity index (χ1v) is 11.6. The van der Waals surface area contributed by atoms with Crippen LogP contribution in [0.5, 0.6) is 5.75 Å². The number of benzene rings is 2. The Balaban J connectivity index is 1.62. The van der Waals surface area contributed by atoms with Crippen molar-refractivity contribution in [2.24, 2.45) is 0 Å². The Bertz CT molecular complexity index is 1030. The third-order valence-corrected chi connectivity index (χ3v) is 6.02. The molecule has 1 amide bonds. The number of nitrogens with zero attached hydrogens (tertiary/aromatic N) is 3. The zero-order chi connectivity index (χ0) is 22.4. The summed E-state index contributed by atoms with van der Waals surface area (Å²) in [6.45, 7) is 10.9. The third-order valence-electron chi connectivity index (χ3n) is 5.06. The molecule has 0 saturated heterocycles. The lowest BCUT2D eigenvalue weighted by atomic mass is 10.1. The number of rotatable bonds is 9. The minimum absolute atomic E-state index is 0.0653. The van der Waals surface area contributed by atoms with Crippen molar-refractivity contribution in [3.8, 4) is 5.75 Å². The fraction of sp³-hybridized carbons (Fsp3) is 0.375. The minimum Gasteiger partial charge on any atom is -0.483 e. The maximum Gasteiger partial charge on any atom is 0.234 e. The second-order valence-corrected chi connectivity index (χ2v) is 8.44. The molecule has 7 heteroatoms. The molecule has 1 heterocycles. The highest BCUT2D eigenvalue weighted by atomic mass is 32.2. The Morgan fingerprint density at radius 3 is 2.52 bits per heavy atom. The van der Waals surface area contributed by atoms with Crippen LogP contribution in [0.25, 0.3) is 0 Å². The molecule has 1 aromatic heterocycles. The lowest BCUT2D eigenvalue weighted by Crippen LogP contribution is -2.16. The van der Waals surface area contributed by atoms with E-state index in [-0.39, 0.29) is 17.8 Å². The molecule has 0 spiro atoms. The summed E-state index contributed by atoms with van der Waals surface area (Å²) < 4.78 is 8.07. The molecule has 0 aliphatic rings. The Hall–Kier alpha value is -2.80. The number of anilines is 1. The van der Waals surface area contributed by atoms with Crippen molar-refractivity contribution in [1.29, 1.82) is 0 Å². The van der Waals surface area contributed by atoms with Crippen LogP contribution in [-0.4, -0.2) is 26.4 Å². The Morgan fingerprint density at radius 1 is 1.13 bits per heavy atom. The molecule has 6 nitrogen and oxygen atoms in total. The number of hydrogen-bond acceptors (Lipinski definition) is 5. The van der Waals surface area contributed by atoms with E-state index in [1.54, 1.807) is 0 Å². The maximum atomic E-state index is 12.4. The van der Waals surface area contributed by atoms with E-state index in [0.717, 1.165) is 29.2 Å². The standard InChI is InChI=1S/C24H30N4O2S/c1-6-19-9-11-20(12-10-19)30-18(5)23-26-27-24(28(23)7-2)31-15-22(29)25-21-13-8-16(3)14-17(21)4/h8-14,18H,6-7,15H2,1-5H3,(H,25,29). The highest BCUT2D eigenvalue weighted by Gasteiger charge is 2.19. The molecule has 1 atom stereocenters. The molecule has 0 radical (unpaired) electrons. The molecule has 3 aromatic rings. The number of carbonyl (C=O) groups is 1. The first-order valence-electron chi connectivity index (χ1n) is 10.6. The van der Waals surface area contributed by atoms with E-state index >= 15 is 0 Å². The third kappa shape index (κ3) is 5.88. The van der Waals surface area contributed by atoms with Gasteiger partial charge in [0.1, 0.15) is 5.75 Å². The highest BCUT2D eigenvalue weighted by molar-refractivity contribution is 7.99. The van der Waals surface area contributed by atoms with E-state index in [4.69, 9.17) is 4.74 Å². The summed E-state index contributed by atoms with van der Waals surface area (Å²) in [5.74, 6) is 1.75. The van der Waals surface area contributed by atoms with Gasteiger partial charge in [-0.15, -0.1) is 10.2 Å². The van der Waals surface area contributed by atoms with Gasteiger partial charge in [0.15, 0.2) is 17.1 Å². The molecular formula is C24H30N4O2S. The number of thioether (sulfide) groups is 1. The smallest absolute Gasteiger partial charge is 0.234 e. The van der Waals surface area contributed by atoms with Gasteiger partial charge in [0, 0.05) is 12.2 Å². The quantitative estimate of drug-likeness (QED) is 0.456. The second kappa shape index (κ2) is 10.5. The first-order chi connectivity index (χ1) is 14.9. The van der Waals surface area contributed by atoms with Crippen LogP contribution >= 0.6 is 11.8 Å². The molecule has 1 N–H and O–H groups in total. The van der Waals surface area contributed by atoms with Crippen LogP contribution in [-0.2, 0) is 17.8 Å². The van der Waals surface area contributed by atoms with Gasteiger partial charge in [-0.05, 0) is 63.4 Å². The summed E-state index contributed by atoms with van der Waals surface area (Å²) in [6.07, 6.45) is 0.746. The average Bonchev–Trinajstić information content (AvgIpc) is 3.18. The van der Waals surface area contributed by atoms with E-state index in [9.17, 15) is 4.79 Å². The molecule has 1 unspecified atom stereocenters. The predicted molar refractivity (Wildman–Crippen MR) is 126 cm³/mol. The maximum absolute atomic E-state index is 12.4. The lowest BCUT2D eigenvalue weighted by molar-refractivity contribution is -0.113. The highest BCUT2D eigenvalue weighted by Crippen LogP contribution is 2.25. The number of ether oxygens (including phenoxy) is 1. The van der Waals surface area contributed by atoms with Gasteiger partial charge in [0.05, 0.1) is 5.75 Å². The van der Waals surface area contributed by atoms with Crippen LogP contribution in [0.15, 0.2) is 47.6 Å². The summed E-state index contributed by atoms with van der Waals surface area (Å²) in [6, 6.07) is 14.1. The van der Waals surface area contributed by atoms with Gasteiger partial charge >= 0.3 is 0 Å². The summed E-state index contributed by atoms with van der Waals surface area (Å²) in [5.41, 5.74) is 4.33. The lowest BCUT2D eigenvalue weighted by Gasteiger charge is -2.16. The van der Waals surface area contributed by atoms with Gasteiger partial charge in [-0.2, -0.15) is 0 Å². The van der Waals surface area contributed by atoms with Crippen LogP contribution in [0.2, 0.25) is 0 Å². The summed E-state index contributed by atoms with van der Waals surface area (Å²) >= 11 is 1.38. The SMILES string of the molecule is CCc1ccc(OC(C)c2nnc(SCC(=O)Nc3ccc(C)cc3C)n2CC)cc1. The first kappa shape index (κ1) is 22.9. The van der Waals surface area contributed by atoms with E-state index in [2.05, 4.69) is 40.6 Å². The van der Waals surface area contributed by atoms with Crippen molar-refractivity contribution in [1.82, 2.24) is 14.8 Å². The van der Waals surface area contributed by atoms with Crippen molar-refractivity contribution in [3.63, 3.8) is 0 Å². The van der Waals surface area contributed by atoms with Crippen molar-refractivity contribution < 1.29 is 9.53 Å². The van der Waals surface area contributed by atoms with Crippen molar-refractivity contribution in [2.75, 3.05) is 11.1 Å². The molecule has 0 saturated carbocycles. The molecule has 3 rings (SSSR count). The van der Waals surface area contributed by atoms with Gasteiger partial charge in [0.25, 0.3) is 0 Å². The molecule has 0 aliphatic carbocycles. The topological polar surface area (TPSA) is 69.0 Å². The van der Waals surface area contributed by atoms with Crippen LogP contribution in [0.1, 0.15) is 49.4 Å². The van der Waals surface area contributed by atoms with Crippen molar-refractivity contribution >= 4 is 23.4 Å². The summed E-state index contributed by atoms with van der Waals surface area (Å²) in [4.78, 5) is 12.4. The molecule has 0 bridgehead atoms. The molecule has 0 aliphatic heterocycles. The van der Waals surface area contributed by atoms with Gasteiger partial charge in [-0.25, -0.2) is 0 Å². The van der Waals surface area contributed by atoms with Crippen LogP contribution < -0.4 is 10.1 Å². The van der Waals surface area contributed by atoms with Crippen LogP contribution in [0.4, 0.5) is 5.69 Å². The number of carbonyl (C=O) groups excluding carboxylic acids is 1. The molecule has 164 valence electrons. The fourth-order valence-electron chi connectivity index (χ4n) is 3.34.